The molecular weight excluding hydrogens is 256 g/mol. The molecule has 0 bridgehead atoms. The van der Waals surface area contributed by atoms with Crippen LogP contribution in [0.2, 0.25) is 0 Å². The lowest BCUT2D eigenvalue weighted by atomic mass is 9.85. The summed E-state index contributed by atoms with van der Waals surface area (Å²) in [5, 5.41) is 0. The number of thioether (sulfide) groups is 1. The summed E-state index contributed by atoms with van der Waals surface area (Å²) in [6, 6.07) is 5.92. The number of rotatable bonds is 6. The first-order valence-corrected chi connectivity index (χ1v) is 7.85. The first-order chi connectivity index (χ1) is 8.90. The number of ketones is 1. The van der Waals surface area contributed by atoms with Crippen LogP contribution in [0, 0.1) is 0 Å². The van der Waals surface area contributed by atoms with Crippen molar-refractivity contribution in [2.75, 3.05) is 18.6 Å². The van der Waals surface area contributed by atoms with E-state index in [0.717, 1.165) is 17.7 Å². The SMILES string of the molecule is CCCSCC(=O)c1cc(C(C)(C)C)ccc1OC. The number of carbonyl (C=O) groups is 1. The Balaban J connectivity index is 2.99. The van der Waals surface area contributed by atoms with E-state index in [-0.39, 0.29) is 11.2 Å². The summed E-state index contributed by atoms with van der Waals surface area (Å²) >= 11 is 1.68. The van der Waals surface area contributed by atoms with Gasteiger partial charge in [-0.05, 0) is 35.3 Å². The van der Waals surface area contributed by atoms with Crippen LogP contribution in [0.15, 0.2) is 18.2 Å². The predicted octanol–water partition coefficient (Wildman–Crippen LogP) is 4.32. The van der Waals surface area contributed by atoms with Crippen molar-refractivity contribution in [3.05, 3.63) is 29.3 Å². The third-order valence-electron chi connectivity index (χ3n) is 2.95. The number of ether oxygens (including phenoxy) is 1. The molecule has 0 amide bonds. The fourth-order valence-electron chi connectivity index (χ4n) is 1.78. The second-order valence-corrected chi connectivity index (χ2v) is 6.75. The molecule has 0 saturated heterocycles. The summed E-state index contributed by atoms with van der Waals surface area (Å²) in [5.41, 5.74) is 1.91. The summed E-state index contributed by atoms with van der Waals surface area (Å²) < 4.78 is 5.31. The van der Waals surface area contributed by atoms with Crippen LogP contribution in [0.5, 0.6) is 5.75 Å². The fraction of sp³-hybridized carbons (Fsp3) is 0.562. The van der Waals surface area contributed by atoms with Crippen LogP contribution in [-0.4, -0.2) is 24.4 Å². The van der Waals surface area contributed by atoms with Gasteiger partial charge in [-0.15, -0.1) is 0 Å². The summed E-state index contributed by atoms with van der Waals surface area (Å²) in [6.45, 7) is 8.57. The highest BCUT2D eigenvalue weighted by Gasteiger charge is 2.19. The van der Waals surface area contributed by atoms with Gasteiger partial charge in [-0.2, -0.15) is 11.8 Å². The van der Waals surface area contributed by atoms with E-state index in [9.17, 15) is 4.79 Å². The second-order valence-electron chi connectivity index (χ2n) is 5.64. The molecule has 19 heavy (non-hydrogen) atoms. The van der Waals surface area contributed by atoms with Crippen LogP contribution in [0.4, 0.5) is 0 Å². The van der Waals surface area contributed by atoms with Gasteiger partial charge >= 0.3 is 0 Å². The quantitative estimate of drug-likeness (QED) is 0.573. The molecule has 0 radical (unpaired) electrons. The van der Waals surface area contributed by atoms with E-state index >= 15 is 0 Å². The molecule has 0 unspecified atom stereocenters. The maximum atomic E-state index is 12.3. The van der Waals surface area contributed by atoms with E-state index in [1.165, 1.54) is 0 Å². The lowest BCUT2D eigenvalue weighted by molar-refractivity contribution is 0.101. The van der Waals surface area contributed by atoms with E-state index < -0.39 is 0 Å². The molecule has 3 heteroatoms. The molecule has 0 fully saturated rings. The summed E-state index contributed by atoms with van der Waals surface area (Å²) in [7, 11) is 1.61. The standard InChI is InChI=1S/C16H24O2S/c1-6-9-19-11-14(17)13-10-12(16(2,3)4)7-8-15(13)18-5/h7-8,10H,6,9,11H2,1-5H3. The van der Waals surface area contributed by atoms with Gasteiger partial charge in [0.05, 0.1) is 18.4 Å². The summed E-state index contributed by atoms with van der Waals surface area (Å²) in [4.78, 5) is 12.3. The second kappa shape index (κ2) is 6.99. The van der Waals surface area contributed by atoms with E-state index in [0.29, 0.717) is 17.1 Å². The van der Waals surface area contributed by atoms with E-state index in [1.807, 2.05) is 18.2 Å². The molecular formula is C16H24O2S. The van der Waals surface area contributed by atoms with Crippen molar-refractivity contribution in [2.45, 2.75) is 39.5 Å². The van der Waals surface area contributed by atoms with Gasteiger partial charge in [-0.3, -0.25) is 4.79 Å². The number of methoxy groups -OCH3 is 1. The number of benzene rings is 1. The Bertz CT molecular complexity index is 433. The van der Waals surface area contributed by atoms with E-state index in [2.05, 4.69) is 27.7 Å². The van der Waals surface area contributed by atoms with Crippen LogP contribution < -0.4 is 4.74 Å². The highest BCUT2D eigenvalue weighted by molar-refractivity contribution is 7.99. The van der Waals surface area contributed by atoms with Gasteiger partial charge in [0.1, 0.15) is 5.75 Å². The third kappa shape index (κ3) is 4.57. The largest absolute Gasteiger partial charge is 0.496 e. The average molecular weight is 280 g/mol. The lowest BCUT2D eigenvalue weighted by Gasteiger charge is -2.20. The highest BCUT2D eigenvalue weighted by atomic mass is 32.2. The maximum absolute atomic E-state index is 12.3. The minimum Gasteiger partial charge on any atom is -0.496 e. The Kier molecular flexibility index (Phi) is 5.92. The first kappa shape index (κ1) is 16.1. The lowest BCUT2D eigenvalue weighted by Crippen LogP contribution is -2.14. The van der Waals surface area contributed by atoms with Crippen molar-refractivity contribution in [3.8, 4) is 5.75 Å². The van der Waals surface area contributed by atoms with Gasteiger partial charge < -0.3 is 4.74 Å². The van der Waals surface area contributed by atoms with E-state index in [1.54, 1.807) is 18.9 Å². The third-order valence-corrected chi connectivity index (χ3v) is 4.11. The number of hydrogen-bond donors (Lipinski definition) is 0. The highest BCUT2D eigenvalue weighted by Crippen LogP contribution is 2.28. The smallest absolute Gasteiger partial charge is 0.176 e. The van der Waals surface area contributed by atoms with Crippen LogP contribution >= 0.6 is 11.8 Å². The van der Waals surface area contributed by atoms with Crippen LogP contribution in [0.1, 0.15) is 50.0 Å². The molecule has 1 aromatic carbocycles. The molecule has 0 aliphatic carbocycles. The van der Waals surface area contributed by atoms with Gasteiger partial charge in [-0.25, -0.2) is 0 Å². The molecule has 0 aliphatic rings. The fourth-order valence-corrected chi connectivity index (χ4v) is 2.55. The number of hydrogen-bond acceptors (Lipinski definition) is 3. The molecule has 2 nitrogen and oxygen atoms in total. The van der Waals surface area contributed by atoms with Gasteiger partial charge in [-0.1, -0.05) is 33.8 Å². The zero-order valence-electron chi connectivity index (χ0n) is 12.6. The van der Waals surface area contributed by atoms with Crippen molar-refractivity contribution in [1.82, 2.24) is 0 Å². The van der Waals surface area contributed by atoms with Crippen molar-refractivity contribution >= 4 is 17.5 Å². The average Bonchev–Trinajstić information content (AvgIpc) is 2.37. The molecule has 0 atom stereocenters. The van der Waals surface area contributed by atoms with Crippen molar-refractivity contribution in [2.24, 2.45) is 0 Å². The number of carbonyl (C=O) groups excluding carboxylic acids is 1. The van der Waals surface area contributed by atoms with E-state index in [4.69, 9.17) is 4.74 Å². The van der Waals surface area contributed by atoms with Crippen LogP contribution in [0.3, 0.4) is 0 Å². The molecule has 0 aliphatic heterocycles. The molecule has 106 valence electrons. The molecule has 1 aromatic rings. The van der Waals surface area contributed by atoms with Gasteiger partial charge in [0.25, 0.3) is 0 Å². The molecule has 0 spiro atoms. The predicted molar refractivity (Wildman–Crippen MR) is 83.6 cm³/mol. The van der Waals surface area contributed by atoms with Crippen molar-refractivity contribution < 1.29 is 9.53 Å². The zero-order chi connectivity index (χ0) is 14.5. The molecule has 0 aromatic heterocycles. The molecule has 0 heterocycles. The Morgan fingerprint density at radius 3 is 2.53 bits per heavy atom. The molecule has 1 rings (SSSR count). The van der Waals surface area contributed by atoms with Crippen LogP contribution in [0.25, 0.3) is 0 Å². The van der Waals surface area contributed by atoms with Crippen LogP contribution in [-0.2, 0) is 5.41 Å². The Labute approximate surface area is 120 Å². The topological polar surface area (TPSA) is 26.3 Å². The molecule has 0 N–H and O–H groups in total. The normalized spacial score (nSPS) is 11.4. The van der Waals surface area contributed by atoms with Gasteiger partial charge in [0.15, 0.2) is 5.78 Å². The first-order valence-electron chi connectivity index (χ1n) is 6.69. The molecule has 0 saturated carbocycles. The van der Waals surface area contributed by atoms with Crippen molar-refractivity contribution in [3.63, 3.8) is 0 Å². The van der Waals surface area contributed by atoms with Crippen molar-refractivity contribution in [1.29, 1.82) is 0 Å². The summed E-state index contributed by atoms with van der Waals surface area (Å²) in [5.74, 6) is 2.38. The Morgan fingerprint density at radius 1 is 1.32 bits per heavy atom. The van der Waals surface area contributed by atoms with Gasteiger partial charge in [0.2, 0.25) is 0 Å². The Hall–Kier alpha value is -0.960. The Morgan fingerprint density at radius 2 is 2.00 bits per heavy atom. The number of Topliss-reactive ketones (excluding diaryl/α,β-unsaturated/α-hetero) is 1. The minimum absolute atomic E-state index is 0.0395. The monoisotopic (exact) mass is 280 g/mol. The maximum Gasteiger partial charge on any atom is 0.176 e. The minimum atomic E-state index is 0.0395. The summed E-state index contributed by atoms with van der Waals surface area (Å²) in [6.07, 6.45) is 1.09. The zero-order valence-corrected chi connectivity index (χ0v) is 13.4. The van der Waals surface area contributed by atoms with Gasteiger partial charge in [0, 0.05) is 0 Å².